The molecule has 0 bridgehead atoms. The van der Waals surface area contributed by atoms with Gasteiger partial charge in [0.15, 0.2) is 0 Å². The normalized spacial score (nSPS) is 9.18. The highest BCUT2D eigenvalue weighted by atomic mass is 16.5. The van der Waals surface area contributed by atoms with Gasteiger partial charge in [0.2, 0.25) is 0 Å². The molecule has 0 aromatic heterocycles. The van der Waals surface area contributed by atoms with Crippen LogP contribution in [0.1, 0.15) is 27.7 Å². The molecule has 0 aliphatic carbocycles. The van der Waals surface area contributed by atoms with Gasteiger partial charge >= 0.3 is 0 Å². The van der Waals surface area contributed by atoms with Crippen LogP contribution in [0.5, 0.6) is 0 Å². The quantitative estimate of drug-likeness (QED) is 0.874. The third-order valence-corrected chi connectivity index (χ3v) is 1.53. The SMILES string of the molecule is CC(C)CO.COCC(C)C.c1ccccc1. The van der Waals surface area contributed by atoms with Gasteiger partial charge in [-0.2, -0.15) is 0 Å². The summed E-state index contributed by atoms with van der Waals surface area (Å²) in [6.07, 6.45) is 0. The van der Waals surface area contributed by atoms with E-state index in [0.717, 1.165) is 6.61 Å². The second-order valence-electron chi connectivity index (χ2n) is 4.58. The third kappa shape index (κ3) is 25.4. The van der Waals surface area contributed by atoms with E-state index in [1.54, 1.807) is 7.11 Å². The number of benzene rings is 1. The maximum Gasteiger partial charge on any atom is 0.0485 e. The van der Waals surface area contributed by atoms with Crippen molar-refractivity contribution in [3.05, 3.63) is 36.4 Å². The lowest BCUT2D eigenvalue weighted by molar-refractivity contribution is 0.167. The van der Waals surface area contributed by atoms with Gasteiger partial charge in [0.25, 0.3) is 0 Å². The first-order chi connectivity index (χ1) is 8.04. The van der Waals surface area contributed by atoms with Gasteiger partial charge < -0.3 is 9.84 Å². The Morgan fingerprint density at radius 2 is 1.12 bits per heavy atom. The van der Waals surface area contributed by atoms with Crippen LogP contribution in [0, 0.1) is 11.8 Å². The maximum atomic E-state index is 8.14. The minimum Gasteiger partial charge on any atom is -0.396 e. The van der Waals surface area contributed by atoms with Gasteiger partial charge in [0, 0.05) is 20.3 Å². The molecule has 1 aromatic carbocycles. The molecule has 0 radical (unpaired) electrons. The largest absolute Gasteiger partial charge is 0.396 e. The lowest BCUT2D eigenvalue weighted by Gasteiger charge is -1.97. The number of ether oxygens (including phenoxy) is 1. The average molecular weight is 240 g/mol. The van der Waals surface area contributed by atoms with Crippen molar-refractivity contribution in [3.63, 3.8) is 0 Å². The molecule has 0 fully saturated rings. The molecule has 0 saturated heterocycles. The molecule has 17 heavy (non-hydrogen) atoms. The van der Waals surface area contributed by atoms with E-state index in [9.17, 15) is 0 Å². The standard InChI is InChI=1S/C6H6.C5H12O.C4H10O/c1-2-4-6-5-3-1;1-5(2)4-6-3;1-4(2)3-5/h1-6H;5H,4H2,1-3H3;4-5H,3H2,1-2H3. The minimum absolute atomic E-state index is 0.306. The fourth-order valence-corrected chi connectivity index (χ4v) is 0.718. The Labute approximate surface area is 107 Å². The first-order valence-electron chi connectivity index (χ1n) is 6.14. The third-order valence-electron chi connectivity index (χ3n) is 1.53. The molecule has 0 spiro atoms. The number of aliphatic hydroxyl groups excluding tert-OH is 1. The van der Waals surface area contributed by atoms with E-state index in [0.29, 0.717) is 18.4 Å². The molecule has 0 saturated carbocycles. The summed E-state index contributed by atoms with van der Waals surface area (Å²) in [5.41, 5.74) is 0. The molecule has 100 valence electrons. The van der Waals surface area contributed by atoms with Crippen molar-refractivity contribution in [2.24, 2.45) is 11.8 Å². The van der Waals surface area contributed by atoms with Gasteiger partial charge in [0.1, 0.15) is 0 Å². The molecule has 0 atom stereocenters. The zero-order valence-corrected chi connectivity index (χ0v) is 11.9. The summed E-state index contributed by atoms with van der Waals surface area (Å²) in [5.74, 6) is 1.12. The van der Waals surface area contributed by atoms with Crippen LogP contribution < -0.4 is 0 Å². The Hall–Kier alpha value is -0.860. The van der Waals surface area contributed by atoms with E-state index in [2.05, 4.69) is 13.8 Å². The highest BCUT2D eigenvalue weighted by Crippen LogP contribution is 1.88. The topological polar surface area (TPSA) is 29.5 Å². The molecule has 2 heteroatoms. The molecule has 0 amide bonds. The predicted molar refractivity (Wildman–Crippen MR) is 75.1 cm³/mol. The highest BCUT2D eigenvalue weighted by Gasteiger charge is 1.85. The summed E-state index contributed by atoms with van der Waals surface area (Å²) in [5, 5.41) is 8.14. The summed E-state index contributed by atoms with van der Waals surface area (Å²) in [6, 6.07) is 12.0. The molecule has 1 aromatic rings. The zero-order valence-electron chi connectivity index (χ0n) is 11.9. The van der Waals surface area contributed by atoms with E-state index < -0.39 is 0 Å². The second-order valence-corrected chi connectivity index (χ2v) is 4.58. The van der Waals surface area contributed by atoms with Crippen LogP contribution in [-0.4, -0.2) is 25.4 Å². The van der Waals surface area contributed by atoms with Crippen molar-refractivity contribution in [2.45, 2.75) is 27.7 Å². The number of hydrogen-bond acceptors (Lipinski definition) is 2. The van der Waals surface area contributed by atoms with Crippen LogP contribution in [0.2, 0.25) is 0 Å². The molecule has 1 N–H and O–H groups in total. The Morgan fingerprint density at radius 1 is 0.824 bits per heavy atom. The minimum atomic E-state index is 0.306. The molecule has 2 nitrogen and oxygen atoms in total. The van der Waals surface area contributed by atoms with Crippen LogP contribution in [0.4, 0.5) is 0 Å². The van der Waals surface area contributed by atoms with E-state index in [-0.39, 0.29) is 0 Å². The molecular formula is C15H28O2. The molecule has 0 heterocycles. The van der Waals surface area contributed by atoms with Crippen molar-refractivity contribution in [3.8, 4) is 0 Å². The zero-order chi connectivity index (χ0) is 13.5. The Balaban J connectivity index is 0. The second kappa shape index (κ2) is 15.1. The Morgan fingerprint density at radius 3 is 1.18 bits per heavy atom. The smallest absolute Gasteiger partial charge is 0.0485 e. The summed E-state index contributed by atoms with van der Waals surface area (Å²) >= 11 is 0. The lowest BCUT2D eigenvalue weighted by Crippen LogP contribution is -1.96. The molecule has 1 rings (SSSR count). The van der Waals surface area contributed by atoms with E-state index >= 15 is 0 Å². The van der Waals surface area contributed by atoms with Crippen molar-refractivity contribution in [2.75, 3.05) is 20.3 Å². The van der Waals surface area contributed by atoms with Gasteiger partial charge in [0.05, 0.1) is 0 Å². The number of hydrogen-bond donors (Lipinski definition) is 1. The summed E-state index contributed by atoms with van der Waals surface area (Å²) < 4.78 is 4.80. The molecular weight excluding hydrogens is 212 g/mol. The summed E-state index contributed by atoms with van der Waals surface area (Å²) in [4.78, 5) is 0. The van der Waals surface area contributed by atoms with Gasteiger partial charge in [-0.3, -0.25) is 0 Å². The maximum absolute atomic E-state index is 8.14. The monoisotopic (exact) mass is 240 g/mol. The van der Waals surface area contributed by atoms with Gasteiger partial charge in [-0.1, -0.05) is 64.1 Å². The van der Waals surface area contributed by atoms with Crippen molar-refractivity contribution in [1.29, 1.82) is 0 Å². The number of aliphatic hydroxyl groups is 1. The fraction of sp³-hybridized carbons (Fsp3) is 0.600. The molecule has 0 aliphatic rings. The number of rotatable bonds is 3. The van der Waals surface area contributed by atoms with Gasteiger partial charge in [-0.25, -0.2) is 0 Å². The average Bonchev–Trinajstić information content (AvgIpc) is 2.32. The highest BCUT2D eigenvalue weighted by molar-refractivity contribution is 4.99. The predicted octanol–water partition coefficient (Wildman–Crippen LogP) is 3.61. The molecule has 0 unspecified atom stereocenters. The van der Waals surface area contributed by atoms with Gasteiger partial charge in [-0.15, -0.1) is 0 Å². The fourth-order valence-electron chi connectivity index (χ4n) is 0.718. The van der Waals surface area contributed by atoms with Crippen LogP contribution in [0.3, 0.4) is 0 Å². The first-order valence-corrected chi connectivity index (χ1v) is 6.14. The number of methoxy groups -OCH3 is 1. The van der Waals surface area contributed by atoms with Crippen LogP contribution >= 0.6 is 0 Å². The first kappa shape index (κ1) is 18.5. The van der Waals surface area contributed by atoms with Crippen molar-refractivity contribution < 1.29 is 9.84 Å². The Kier molecular flexibility index (Phi) is 16.5. The van der Waals surface area contributed by atoms with E-state index in [1.165, 1.54) is 0 Å². The summed E-state index contributed by atoms with van der Waals surface area (Å²) in [7, 11) is 1.72. The van der Waals surface area contributed by atoms with Crippen LogP contribution in [0.15, 0.2) is 36.4 Å². The van der Waals surface area contributed by atoms with Crippen LogP contribution in [0.25, 0.3) is 0 Å². The van der Waals surface area contributed by atoms with E-state index in [4.69, 9.17) is 9.84 Å². The van der Waals surface area contributed by atoms with E-state index in [1.807, 2.05) is 50.2 Å². The Bertz CT molecular complexity index is 181. The van der Waals surface area contributed by atoms with Crippen molar-refractivity contribution in [1.82, 2.24) is 0 Å². The van der Waals surface area contributed by atoms with Gasteiger partial charge in [-0.05, 0) is 11.8 Å². The van der Waals surface area contributed by atoms with Crippen LogP contribution in [-0.2, 0) is 4.74 Å². The summed E-state index contributed by atoms with van der Waals surface area (Å²) in [6.45, 7) is 9.38. The van der Waals surface area contributed by atoms with Crippen molar-refractivity contribution >= 4 is 0 Å². The lowest BCUT2D eigenvalue weighted by atomic mass is 10.2. The molecule has 0 aliphatic heterocycles.